The van der Waals surface area contributed by atoms with Gasteiger partial charge in [-0.05, 0) is 45.4 Å². The summed E-state index contributed by atoms with van der Waals surface area (Å²) >= 11 is 0. The molecular formula is C28H33N4O8P. The van der Waals surface area contributed by atoms with Crippen molar-refractivity contribution in [1.82, 2.24) is 19.6 Å². The Morgan fingerprint density at radius 2 is 1.85 bits per heavy atom. The molecule has 1 saturated heterocycles. The van der Waals surface area contributed by atoms with Gasteiger partial charge in [-0.1, -0.05) is 25.1 Å². The van der Waals surface area contributed by atoms with Crippen molar-refractivity contribution >= 4 is 35.5 Å². The van der Waals surface area contributed by atoms with Crippen LogP contribution in [-0.4, -0.2) is 45.4 Å². The molecule has 0 amide bonds. The molecule has 4 aromatic rings. The Balaban J connectivity index is 1.35. The summed E-state index contributed by atoms with van der Waals surface area (Å²) in [6.07, 6.45) is 0.317. The average molecular weight is 585 g/mol. The van der Waals surface area contributed by atoms with Crippen LogP contribution in [0.5, 0.6) is 5.75 Å². The summed E-state index contributed by atoms with van der Waals surface area (Å²) in [5.74, 6) is -0.450. The molecule has 1 fully saturated rings. The zero-order chi connectivity index (χ0) is 29.3. The smallest absolute Gasteiger partial charge is 0.459 e. The Kier molecular flexibility index (Phi) is 8.19. The van der Waals surface area contributed by atoms with Gasteiger partial charge in [0.15, 0.2) is 0 Å². The van der Waals surface area contributed by atoms with Gasteiger partial charge in [0.1, 0.15) is 18.0 Å². The minimum Gasteiger partial charge on any atom is -0.462 e. The van der Waals surface area contributed by atoms with E-state index in [0.29, 0.717) is 6.42 Å². The summed E-state index contributed by atoms with van der Waals surface area (Å²) in [6, 6.07) is 13.4. The van der Waals surface area contributed by atoms with E-state index < -0.39 is 43.3 Å². The van der Waals surface area contributed by atoms with Crippen molar-refractivity contribution in [3.8, 4) is 5.75 Å². The molecule has 0 aliphatic carbocycles. The third kappa shape index (κ3) is 6.46. The number of aromatic amines is 2. The molecular weight excluding hydrogens is 551 g/mol. The largest absolute Gasteiger partial charge is 0.462 e. The van der Waals surface area contributed by atoms with Crippen molar-refractivity contribution in [3.63, 3.8) is 0 Å². The van der Waals surface area contributed by atoms with Crippen molar-refractivity contribution in [2.45, 2.75) is 58.6 Å². The van der Waals surface area contributed by atoms with Crippen LogP contribution in [-0.2, 0) is 23.4 Å². The number of benzene rings is 2. The highest BCUT2D eigenvalue weighted by atomic mass is 31.2. The lowest BCUT2D eigenvalue weighted by Gasteiger charge is -2.24. The number of carbonyl (C=O) groups is 1. The van der Waals surface area contributed by atoms with Gasteiger partial charge in [-0.15, -0.1) is 0 Å². The van der Waals surface area contributed by atoms with E-state index in [9.17, 15) is 18.9 Å². The second-order valence-electron chi connectivity index (χ2n) is 10.5. The fraction of sp³-hybridized carbons (Fsp3) is 0.393. The maximum Gasteiger partial charge on any atom is 0.459 e. The Bertz CT molecular complexity index is 1730. The van der Waals surface area contributed by atoms with E-state index in [2.05, 4.69) is 15.1 Å². The number of para-hydroxylation sites is 1. The lowest BCUT2D eigenvalue weighted by atomic mass is 10.1. The summed E-state index contributed by atoms with van der Waals surface area (Å²) in [5.41, 5.74) is 0.642. The first-order valence-corrected chi connectivity index (χ1v) is 15.0. The Hall–Kier alpha value is -3.70. The van der Waals surface area contributed by atoms with E-state index in [1.54, 1.807) is 26.0 Å². The molecule has 3 heterocycles. The number of hydrogen-bond donors (Lipinski definition) is 3. The number of hydrogen-bond acceptors (Lipinski definition) is 8. The number of esters is 1. The van der Waals surface area contributed by atoms with E-state index in [1.165, 1.54) is 23.8 Å². The van der Waals surface area contributed by atoms with Gasteiger partial charge in [0.2, 0.25) is 0 Å². The van der Waals surface area contributed by atoms with Crippen LogP contribution in [0.2, 0.25) is 0 Å². The topological polar surface area (TPSA) is 154 Å². The van der Waals surface area contributed by atoms with Gasteiger partial charge in [0.05, 0.1) is 24.3 Å². The van der Waals surface area contributed by atoms with Crippen LogP contribution in [0.1, 0.15) is 40.3 Å². The number of rotatable bonds is 10. The molecule has 1 aliphatic rings. The maximum absolute atomic E-state index is 14.0. The summed E-state index contributed by atoms with van der Waals surface area (Å²) in [5, 5.41) is 4.71. The van der Waals surface area contributed by atoms with Crippen LogP contribution < -0.4 is 20.9 Å². The number of aromatic nitrogens is 3. The quantitative estimate of drug-likeness (QED) is 0.184. The molecule has 2 aromatic carbocycles. The molecule has 0 bridgehead atoms. The summed E-state index contributed by atoms with van der Waals surface area (Å²) < 4.78 is 38.4. The Morgan fingerprint density at radius 1 is 1.10 bits per heavy atom. The fourth-order valence-corrected chi connectivity index (χ4v) is 6.43. The SMILES string of the molecule is CC(C)OC(=O)[C@H](C)NP(=O)(OCC1CC(C)C(n2ccc(=O)[nH]c2=O)O1)Oc1ccc2c(c1)[nH]c1ccccc12. The first kappa shape index (κ1) is 28.8. The number of H-pyrrole nitrogens is 2. The van der Waals surface area contributed by atoms with Gasteiger partial charge in [-0.2, -0.15) is 5.09 Å². The molecule has 2 aromatic heterocycles. The van der Waals surface area contributed by atoms with E-state index in [4.69, 9.17) is 18.5 Å². The van der Waals surface area contributed by atoms with E-state index in [1.807, 2.05) is 37.3 Å². The molecule has 1 aliphatic heterocycles. The fourth-order valence-electron chi connectivity index (χ4n) is 4.92. The number of carbonyl (C=O) groups excluding carboxylic acids is 1. The second-order valence-corrected chi connectivity index (χ2v) is 12.2. The van der Waals surface area contributed by atoms with Crippen LogP contribution >= 0.6 is 7.75 Å². The molecule has 5 atom stereocenters. The number of ether oxygens (including phenoxy) is 2. The van der Waals surface area contributed by atoms with Crippen molar-refractivity contribution in [2.75, 3.05) is 6.61 Å². The van der Waals surface area contributed by atoms with Crippen LogP contribution in [0.25, 0.3) is 21.8 Å². The lowest BCUT2D eigenvalue weighted by molar-refractivity contribution is -0.149. The third-order valence-electron chi connectivity index (χ3n) is 6.77. The first-order valence-electron chi connectivity index (χ1n) is 13.4. The predicted molar refractivity (Wildman–Crippen MR) is 153 cm³/mol. The van der Waals surface area contributed by atoms with Crippen molar-refractivity contribution in [2.24, 2.45) is 5.92 Å². The highest BCUT2D eigenvalue weighted by molar-refractivity contribution is 7.52. The van der Waals surface area contributed by atoms with Crippen LogP contribution in [0.4, 0.5) is 0 Å². The molecule has 5 rings (SSSR count). The Labute approximate surface area is 235 Å². The standard InChI is InChI=1S/C28H33N4O8P/c1-16(2)38-27(34)18(4)31-41(36,40-19-9-10-22-21-7-5-6-8-23(21)29-24(22)14-19)37-15-20-13-17(3)26(39-20)32-12-11-25(33)30-28(32)35/h5-12,14,16-18,20,26,29H,13,15H2,1-4H3,(H,31,36)(H,30,33,35)/t17?,18-,20?,26?,41?/m0/s1. The van der Waals surface area contributed by atoms with Gasteiger partial charge in [0, 0.05) is 40.5 Å². The minimum absolute atomic E-state index is 0.107. The maximum atomic E-state index is 14.0. The second kappa shape index (κ2) is 11.7. The zero-order valence-corrected chi connectivity index (χ0v) is 24.1. The summed E-state index contributed by atoms with van der Waals surface area (Å²) in [7, 11) is -4.15. The highest BCUT2D eigenvalue weighted by Crippen LogP contribution is 2.47. The summed E-state index contributed by atoms with van der Waals surface area (Å²) in [6.45, 7) is 6.70. The molecule has 0 saturated carbocycles. The lowest BCUT2D eigenvalue weighted by Crippen LogP contribution is -2.36. The van der Waals surface area contributed by atoms with Crippen LogP contribution in [0, 0.1) is 5.92 Å². The molecule has 12 nitrogen and oxygen atoms in total. The van der Waals surface area contributed by atoms with Gasteiger partial charge in [-0.3, -0.25) is 23.7 Å². The average Bonchev–Trinajstić information content (AvgIpc) is 3.46. The predicted octanol–water partition coefficient (Wildman–Crippen LogP) is 4.23. The van der Waals surface area contributed by atoms with E-state index >= 15 is 0 Å². The van der Waals surface area contributed by atoms with Crippen molar-refractivity contribution < 1.29 is 27.9 Å². The molecule has 41 heavy (non-hydrogen) atoms. The first-order chi connectivity index (χ1) is 19.5. The zero-order valence-electron chi connectivity index (χ0n) is 23.2. The number of nitrogens with zero attached hydrogens (tertiary/aromatic N) is 1. The van der Waals surface area contributed by atoms with Gasteiger partial charge >= 0.3 is 19.4 Å². The molecule has 0 radical (unpaired) electrons. The van der Waals surface area contributed by atoms with Gasteiger partial charge in [-0.25, -0.2) is 9.36 Å². The molecule has 4 unspecified atom stereocenters. The third-order valence-corrected chi connectivity index (χ3v) is 8.41. The molecule has 3 N–H and O–H groups in total. The van der Waals surface area contributed by atoms with Crippen LogP contribution in [0.15, 0.2) is 64.3 Å². The molecule has 13 heteroatoms. The molecule has 0 spiro atoms. The number of fused-ring (bicyclic) bond motifs is 3. The summed E-state index contributed by atoms with van der Waals surface area (Å²) in [4.78, 5) is 41.8. The molecule has 218 valence electrons. The Morgan fingerprint density at radius 3 is 2.61 bits per heavy atom. The van der Waals surface area contributed by atoms with Crippen molar-refractivity contribution in [1.29, 1.82) is 0 Å². The highest BCUT2D eigenvalue weighted by Gasteiger charge is 2.38. The monoisotopic (exact) mass is 584 g/mol. The van der Waals surface area contributed by atoms with Crippen molar-refractivity contribution in [3.05, 3.63) is 75.6 Å². The van der Waals surface area contributed by atoms with Gasteiger partial charge < -0.3 is 19.0 Å². The number of nitrogens with one attached hydrogen (secondary N) is 3. The van der Waals surface area contributed by atoms with Gasteiger partial charge in [0.25, 0.3) is 5.56 Å². The van der Waals surface area contributed by atoms with E-state index in [0.717, 1.165) is 21.8 Å². The van der Waals surface area contributed by atoms with E-state index in [-0.39, 0.29) is 24.4 Å². The minimum atomic E-state index is -4.15. The van der Waals surface area contributed by atoms with Crippen LogP contribution in [0.3, 0.4) is 0 Å². The normalized spacial score (nSPS) is 21.2.